The molecule has 0 radical (unpaired) electrons. The van der Waals surface area contributed by atoms with Gasteiger partial charge in [-0.1, -0.05) is 0 Å². The smallest absolute Gasteiger partial charge is 0.132 e. The highest BCUT2D eigenvalue weighted by molar-refractivity contribution is 5.93. The molecule has 2 aromatic heterocycles. The molecule has 0 bridgehead atoms. The van der Waals surface area contributed by atoms with E-state index in [1.165, 1.54) is 0 Å². The Bertz CT molecular complexity index is 890. The number of nitrogens with two attached hydrogens (primary N) is 1. The molecule has 25 heavy (non-hydrogen) atoms. The Morgan fingerprint density at radius 2 is 2.16 bits per heavy atom. The van der Waals surface area contributed by atoms with Crippen molar-refractivity contribution in [2.45, 2.75) is 32.4 Å². The van der Waals surface area contributed by atoms with Gasteiger partial charge in [-0.2, -0.15) is 5.10 Å². The van der Waals surface area contributed by atoms with Crippen molar-refractivity contribution < 1.29 is 4.74 Å². The van der Waals surface area contributed by atoms with Gasteiger partial charge in [-0.3, -0.25) is 5.10 Å². The molecule has 4 rings (SSSR count). The van der Waals surface area contributed by atoms with E-state index in [0.717, 1.165) is 53.4 Å². The summed E-state index contributed by atoms with van der Waals surface area (Å²) in [7, 11) is 0. The van der Waals surface area contributed by atoms with Crippen LogP contribution >= 0.6 is 0 Å². The molecule has 1 aliphatic heterocycles. The number of rotatable bonds is 4. The maximum Gasteiger partial charge on any atom is 0.132 e. The van der Waals surface area contributed by atoms with Crippen LogP contribution in [0.2, 0.25) is 0 Å². The lowest BCUT2D eigenvalue weighted by molar-refractivity contribution is 0.243. The fraction of sp³-hybridized carbons (Fsp3) is 0.389. The second-order valence-corrected chi connectivity index (χ2v) is 6.70. The Morgan fingerprint density at radius 1 is 1.28 bits per heavy atom. The van der Waals surface area contributed by atoms with Gasteiger partial charge >= 0.3 is 0 Å². The molecule has 7 heteroatoms. The van der Waals surface area contributed by atoms with Crippen LogP contribution in [-0.4, -0.2) is 45.4 Å². The lowest BCUT2D eigenvalue weighted by atomic mass is 10.1. The van der Waals surface area contributed by atoms with Gasteiger partial charge in [0.25, 0.3) is 0 Å². The molecular weight excluding hydrogens is 316 g/mol. The third-order valence-corrected chi connectivity index (χ3v) is 4.35. The molecule has 0 amide bonds. The van der Waals surface area contributed by atoms with Crippen molar-refractivity contribution in [3.63, 3.8) is 0 Å². The molecule has 1 saturated heterocycles. The fourth-order valence-corrected chi connectivity index (χ4v) is 3.18. The van der Waals surface area contributed by atoms with E-state index in [0.29, 0.717) is 0 Å². The zero-order valence-electron chi connectivity index (χ0n) is 14.4. The minimum atomic E-state index is 0.123. The Hall–Kier alpha value is -2.67. The quantitative estimate of drug-likeness (QED) is 0.758. The standard InChI is InChI=1S/C18H22N6O/c1-11(2)25-13-3-4-15-14(7-13)18(23-22-15)16-8-17(21-10-20-16)24-6-5-12(19)9-24/h3-4,7-8,10-12H,5-6,9,19H2,1-2H3,(H,22,23)/t12-/m0/s1. The van der Waals surface area contributed by atoms with E-state index in [1.807, 2.05) is 38.1 Å². The van der Waals surface area contributed by atoms with Crippen molar-refractivity contribution in [3.05, 3.63) is 30.6 Å². The van der Waals surface area contributed by atoms with Gasteiger partial charge in [-0.05, 0) is 38.5 Å². The number of anilines is 1. The summed E-state index contributed by atoms with van der Waals surface area (Å²) in [6.45, 7) is 5.77. The van der Waals surface area contributed by atoms with Crippen LogP contribution in [0.25, 0.3) is 22.3 Å². The first kappa shape index (κ1) is 15.8. The summed E-state index contributed by atoms with van der Waals surface area (Å²) in [5.74, 6) is 1.72. The fourth-order valence-electron chi connectivity index (χ4n) is 3.18. The van der Waals surface area contributed by atoms with Gasteiger partial charge in [0, 0.05) is 30.6 Å². The summed E-state index contributed by atoms with van der Waals surface area (Å²) in [5, 5.41) is 8.51. The van der Waals surface area contributed by atoms with Crippen molar-refractivity contribution in [1.29, 1.82) is 0 Å². The number of benzene rings is 1. The molecular formula is C18H22N6O. The first-order valence-electron chi connectivity index (χ1n) is 8.58. The van der Waals surface area contributed by atoms with Gasteiger partial charge in [0.05, 0.1) is 17.3 Å². The SMILES string of the molecule is CC(C)Oc1ccc2[nH]nc(-c3cc(N4CC[C@H](N)C4)ncn3)c2c1. The monoisotopic (exact) mass is 338 g/mol. The van der Waals surface area contributed by atoms with Gasteiger partial charge in [0.1, 0.15) is 23.6 Å². The summed E-state index contributed by atoms with van der Waals surface area (Å²) in [6.07, 6.45) is 2.70. The molecule has 3 N–H and O–H groups in total. The predicted molar refractivity (Wildman–Crippen MR) is 97.7 cm³/mol. The summed E-state index contributed by atoms with van der Waals surface area (Å²) in [4.78, 5) is 11.0. The number of ether oxygens (including phenoxy) is 1. The third kappa shape index (κ3) is 3.15. The van der Waals surface area contributed by atoms with E-state index in [9.17, 15) is 0 Å². The predicted octanol–water partition coefficient (Wildman–Crippen LogP) is 2.34. The zero-order chi connectivity index (χ0) is 17.4. The molecule has 0 spiro atoms. The highest BCUT2D eigenvalue weighted by atomic mass is 16.5. The van der Waals surface area contributed by atoms with E-state index in [1.54, 1.807) is 6.33 Å². The maximum absolute atomic E-state index is 6.01. The van der Waals surface area contributed by atoms with Crippen LogP contribution in [-0.2, 0) is 0 Å². The maximum atomic E-state index is 6.01. The summed E-state index contributed by atoms with van der Waals surface area (Å²) in [6, 6.07) is 8.11. The molecule has 1 atom stereocenters. The Morgan fingerprint density at radius 3 is 2.92 bits per heavy atom. The van der Waals surface area contributed by atoms with Crippen LogP contribution in [0.5, 0.6) is 5.75 Å². The van der Waals surface area contributed by atoms with Crippen molar-refractivity contribution in [1.82, 2.24) is 20.2 Å². The van der Waals surface area contributed by atoms with E-state index < -0.39 is 0 Å². The Kier molecular flexibility index (Phi) is 4.01. The highest BCUT2D eigenvalue weighted by Crippen LogP contribution is 2.30. The first-order chi connectivity index (χ1) is 12.1. The zero-order valence-corrected chi connectivity index (χ0v) is 14.4. The van der Waals surface area contributed by atoms with Crippen molar-refractivity contribution >= 4 is 16.7 Å². The van der Waals surface area contributed by atoms with Crippen LogP contribution < -0.4 is 15.4 Å². The topological polar surface area (TPSA) is 93.0 Å². The summed E-state index contributed by atoms with van der Waals surface area (Å²) >= 11 is 0. The van der Waals surface area contributed by atoms with Crippen LogP contribution in [0.15, 0.2) is 30.6 Å². The largest absolute Gasteiger partial charge is 0.491 e. The lowest BCUT2D eigenvalue weighted by Gasteiger charge is -2.16. The molecule has 0 aliphatic carbocycles. The van der Waals surface area contributed by atoms with Gasteiger partial charge < -0.3 is 15.4 Å². The van der Waals surface area contributed by atoms with Gasteiger partial charge in [-0.25, -0.2) is 9.97 Å². The number of nitrogens with one attached hydrogen (secondary N) is 1. The van der Waals surface area contributed by atoms with Crippen molar-refractivity contribution in [2.75, 3.05) is 18.0 Å². The minimum Gasteiger partial charge on any atom is -0.491 e. The van der Waals surface area contributed by atoms with E-state index in [4.69, 9.17) is 10.5 Å². The number of aromatic nitrogens is 4. The number of nitrogens with zero attached hydrogens (tertiary/aromatic N) is 4. The van der Waals surface area contributed by atoms with Crippen LogP contribution in [0.1, 0.15) is 20.3 Å². The Labute approximate surface area is 146 Å². The number of hydrogen-bond acceptors (Lipinski definition) is 6. The number of aromatic amines is 1. The van der Waals surface area contributed by atoms with Crippen molar-refractivity contribution in [2.24, 2.45) is 5.73 Å². The van der Waals surface area contributed by atoms with Crippen molar-refractivity contribution in [3.8, 4) is 17.1 Å². The molecule has 130 valence electrons. The minimum absolute atomic E-state index is 0.123. The molecule has 1 aromatic carbocycles. The number of hydrogen-bond donors (Lipinski definition) is 2. The molecule has 3 aromatic rings. The molecule has 0 saturated carbocycles. The second-order valence-electron chi connectivity index (χ2n) is 6.70. The van der Waals surface area contributed by atoms with E-state index >= 15 is 0 Å². The third-order valence-electron chi connectivity index (χ3n) is 4.35. The van der Waals surface area contributed by atoms with Crippen LogP contribution in [0.4, 0.5) is 5.82 Å². The second kappa shape index (κ2) is 6.33. The average Bonchev–Trinajstić information content (AvgIpc) is 3.20. The first-order valence-corrected chi connectivity index (χ1v) is 8.58. The van der Waals surface area contributed by atoms with Crippen LogP contribution in [0, 0.1) is 0 Å². The Balaban J connectivity index is 1.71. The summed E-state index contributed by atoms with van der Waals surface area (Å²) < 4.78 is 5.80. The average molecular weight is 338 g/mol. The van der Waals surface area contributed by atoms with E-state index in [-0.39, 0.29) is 12.1 Å². The molecule has 3 heterocycles. The summed E-state index contributed by atoms with van der Waals surface area (Å²) in [5.41, 5.74) is 8.56. The molecule has 7 nitrogen and oxygen atoms in total. The lowest BCUT2D eigenvalue weighted by Crippen LogP contribution is -2.26. The van der Waals surface area contributed by atoms with Gasteiger partial charge in [-0.15, -0.1) is 0 Å². The van der Waals surface area contributed by atoms with Gasteiger partial charge in [0.15, 0.2) is 0 Å². The molecule has 1 fully saturated rings. The normalized spacial score (nSPS) is 17.6. The highest BCUT2D eigenvalue weighted by Gasteiger charge is 2.21. The molecule has 1 aliphatic rings. The van der Waals surface area contributed by atoms with Crippen LogP contribution in [0.3, 0.4) is 0 Å². The van der Waals surface area contributed by atoms with E-state index in [2.05, 4.69) is 25.1 Å². The number of H-pyrrole nitrogens is 1. The molecule has 0 unspecified atom stereocenters. The van der Waals surface area contributed by atoms with Gasteiger partial charge in [0.2, 0.25) is 0 Å². The number of fused-ring (bicyclic) bond motifs is 1.